The third-order valence-corrected chi connectivity index (χ3v) is 2.37. The molecule has 0 spiro atoms. The van der Waals surface area contributed by atoms with Crippen molar-refractivity contribution >= 4 is 29.3 Å². The van der Waals surface area contributed by atoms with Crippen LogP contribution in [-0.2, 0) is 4.79 Å². The second kappa shape index (κ2) is 6.61. The number of carboxylic acids is 1. The van der Waals surface area contributed by atoms with Crippen LogP contribution in [0.2, 0.25) is 5.02 Å². The SMILES string of the molecule is C#CCN(CC(=O)O)C(=O)Nc1ccc(Cl)c(F)c1. The fourth-order valence-corrected chi connectivity index (χ4v) is 1.37. The standard InChI is InChI=1S/C12H10ClFN2O3/c1-2-5-16(7-11(17)18)12(19)15-8-3-4-9(13)10(14)6-8/h1,3-4,6H,5,7H2,(H,15,19)(H,17,18). The number of amides is 2. The van der Waals surface area contributed by atoms with Crippen molar-refractivity contribution in [3.8, 4) is 12.3 Å². The smallest absolute Gasteiger partial charge is 0.323 e. The number of carboxylic acid groups (broad SMARTS) is 1. The zero-order valence-corrected chi connectivity index (χ0v) is 10.4. The number of carbonyl (C=O) groups excluding carboxylic acids is 1. The van der Waals surface area contributed by atoms with E-state index in [2.05, 4.69) is 11.2 Å². The van der Waals surface area contributed by atoms with Gasteiger partial charge in [0.25, 0.3) is 0 Å². The molecule has 0 aromatic heterocycles. The number of carbonyl (C=O) groups is 2. The number of hydrogen-bond acceptors (Lipinski definition) is 2. The van der Waals surface area contributed by atoms with Gasteiger partial charge in [0, 0.05) is 5.69 Å². The van der Waals surface area contributed by atoms with Crippen LogP contribution in [0.25, 0.3) is 0 Å². The topological polar surface area (TPSA) is 69.6 Å². The summed E-state index contributed by atoms with van der Waals surface area (Å²) in [5, 5.41) is 10.9. The minimum atomic E-state index is -1.20. The lowest BCUT2D eigenvalue weighted by atomic mass is 10.3. The van der Waals surface area contributed by atoms with Crippen molar-refractivity contribution in [3.63, 3.8) is 0 Å². The molecule has 7 heteroatoms. The van der Waals surface area contributed by atoms with Crippen molar-refractivity contribution in [2.75, 3.05) is 18.4 Å². The summed E-state index contributed by atoms with van der Waals surface area (Å²) >= 11 is 5.50. The number of halogens is 2. The Kier molecular flexibility index (Phi) is 5.15. The van der Waals surface area contributed by atoms with E-state index in [0.717, 1.165) is 11.0 Å². The van der Waals surface area contributed by atoms with Crippen LogP contribution in [0, 0.1) is 18.2 Å². The van der Waals surface area contributed by atoms with Crippen LogP contribution in [-0.4, -0.2) is 35.1 Å². The molecular formula is C12H10ClFN2O3. The Morgan fingerprint density at radius 3 is 2.74 bits per heavy atom. The van der Waals surface area contributed by atoms with Crippen molar-refractivity contribution in [2.45, 2.75) is 0 Å². The van der Waals surface area contributed by atoms with Gasteiger partial charge in [-0.15, -0.1) is 6.42 Å². The number of hydrogen-bond donors (Lipinski definition) is 2. The summed E-state index contributed by atoms with van der Waals surface area (Å²) in [7, 11) is 0. The Balaban J connectivity index is 2.78. The van der Waals surface area contributed by atoms with Gasteiger partial charge in [-0.05, 0) is 18.2 Å². The van der Waals surface area contributed by atoms with E-state index in [1.165, 1.54) is 12.1 Å². The molecule has 0 saturated carbocycles. The number of aliphatic carboxylic acids is 1. The minimum absolute atomic E-state index is 0.0796. The molecule has 19 heavy (non-hydrogen) atoms. The van der Waals surface area contributed by atoms with Crippen LogP contribution in [0.3, 0.4) is 0 Å². The second-order valence-corrected chi connectivity index (χ2v) is 3.92. The molecule has 0 bridgehead atoms. The highest BCUT2D eigenvalue weighted by Crippen LogP contribution is 2.18. The molecule has 0 saturated heterocycles. The number of benzene rings is 1. The van der Waals surface area contributed by atoms with Crippen LogP contribution in [0.15, 0.2) is 18.2 Å². The molecule has 1 aromatic carbocycles. The zero-order valence-electron chi connectivity index (χ0n) is 9.69. The molecule has 0 aliphatic carbocycles. The highest BCUT2D eigenvalue weighted by molar-refractivity contribution is 6.30. The summed E-state index contributed by atoms with van der Waals surface area (Å²) in [5.74, 6) is 0.272. The molecule has 0 radical (unpaired) electrons. The fourth-order valence-electron chi connectivity index (χ4n) is 1.25. The maximum Gasteiger partial charge on any atom is 0.323 e. The summed E-state index contributed by atoms with van der Waals surface area (Å²) < 4.78 is 13.2. The predicted octanol–water partition coefficient (Wildman–Crippen LogP) is 2.03. The Morgan fingerprint density at radius 2 is 2.21 bits per heavy atom. The summed E-state index contributed by atoms with van der Waals surface area (Å²) in [6.45, 7) is -0.722. The lowest BCUT2D eigenvalue weighted by Crippen LogP contribution is -2.39. The monoisotopic (exact) mass is 284 g/mol. The molecular weight excluding hydrogens is 275 g/mol. The van der Waals surface area contributed by atoms with E-state index in [4.69, 9.17) is 23.1 Å². The molecule has 5 nitrogen and oxygen atoms in total. The average molecular weight is 285 g/mol. The van der Waals surface area contributed by atoms with Gasteiger partial charge in [0.05, 0.1) is 11.6 Å². The van der Waals surface area contributed by atoms with Gasteiger partial charge in [-0.25, -0.2) is 9.18 Å². The molecule has 0 aliphatic rings. The normalized spacial score (nSPS) is 9.53. The van der Waals surface area contributed by atoms with Crippen molar-refractivity contribution in [1.82, 2.24) is 4.90 Å². The van der Waals surface area contributed by atoms with Gasteiger partial charge < -0.3 is 15.3 Å². The third kappa shape index (κ3) is 4.48. The number of urea groups is 1. The summed E-state index contributed by atoms with van der Waals surface area (Å²) in [6, 6.07) is 2.95. The van der Waals surface area contributed by atoms with Crippen LogP contribution >= 0.6 is 11.6 Å². The first-order chi connectivity index (χ1) is 8.93. The Bertz CT molecular complexity index is 542. The molecule has 2 amide bonds. The van der Waals surface area contributed by atoms with E-state index in [-0.39, 0.29) is 17.3 Å². The lowest BCUT2D eigenvalue weighted by molar-refractivity contribution is -0.137. The Labute approximate surface area is 114 Å². The maximum atomic E-state index is 13.2. The van der Waals surface area contributed by atoms with E-state index < -0.39 is 24.4 Å². The van der Waals surface area contributed by atoms with E-state index in [1.807, 2.05) is 0 Å². The summed E-state index contributed by atoms with van der Waals surface area (Å²) in [5.41, 5.74) is 0.152. The van der Waals surface area contributed by atoms with Gasteiger partial charge in [0.1, 0.15) is 12.4 Å². The Hall–Kier alpha value is -2.26. The molecule has 1 rings (SSSR count). The minimum Gasteiger partial charge on any atom is -0.480 e. The van der Waals surface area contributed by atoms with E-state index in [1.54, 1.807) is 0 Å². The van der Waals surface area contributed by atoms with Gasteiger partial charge in [0.15, 0.2) is 0 Å². The number of anilines is 1. The zero-order chi connectivity index (χ0) is 14.4. The van der Waals surface area contributed by atoms with Crippen molar-refractivity contribution in [1.29, 1.82) is 0 Å². The number of terminal acetylenes is 1. The van der Waals surface area contributed by atoms with E-state index >= 15 is 0 Å². The van der Waals surface area contributed by atoms with Gasteiger partial charge in [-0.3, -0.25) is 4.79 Å². The van der Waals surface area contributed by atoms with Gasteiger partial charge >= 0.3 is 12.0 Å². The molecule has 0 aliphatic heterocycles. The third-order valence-electron chi connectivity index (χ3n) is 2.07. The van der Waals surface area contributed by atoms with Crippen LogP contribution in [0.5, 0.6) is 0 Å². The van der Waals surface area contributed by atoms with Crippen LogP contribution in [0.4, 0.5) is 14.9 Å². The van der Waals surface area contributed by atoms with Crippen molar-refractivity contribution in [2.24, 2.45) is 0 Å². The lowest BCUT2D eigenvalue weighted by Gasteiger charge is -2.18. The molecule has 100 valence electrons. The average Bonchev–Trinajstić information content (AvgIpc) is 2.33. The largest absolute Gasteiger partial charge is 0.480 e. The molecule has 1 aromatic rings. The number of nitrogens with zero attached hydrogens (tertiary/aromatic N) is 1. The van der Waals surface area contributed by atoms with Crippen LogP contribution < -0.4 is 5.32 Å². The van der Waals surface area contributed by atoms with Crippen molar-refractivity contribution < 1.29 is 19.1 Å². The first-order valence-corrected chi connectivity index (χ1v) is 5.48. The molecule has 0 heterocycles. The number of nitrogens with one attached hydrogen (secondary N) is 1. The molecule has 0 unspecified atom stereocenters. The first-order valence-electron chi connectivity index (χ1n) is 5.10. The molecule has 0 atom stereocenters. The van der Waals surface area contributed by atoms with Gasteiger partial charge in [0.2, 0.25) is 0 Å². The summed E-state index contributed by atoms with van der Waals surface area (Å²) in [6.07, 6.45) is 5.04. The van der Waals surface area contributed by atoms with E-state index in [0.29, 0.717) is 0 Å². The molecule has 2 N–H and O–H groups in total. The first kappa shape index (κ1) is 14.8. The van der Waals surface area contributed by atoms with Crippen LogP contribution in [0.1, 0.15) is 0 Å². The maximum absolute atomic E-state index is 13.2. The Morgan fingerprint density at radius 1 is 1.53 bits per heavy atom. The second-order valence-electron chi connectivity index (χ2n) is 3.51. The highest BCUT2D eigenvalue weighted by Gasteiger charge is 2.16. The van der Waals surface area contributed by atoms with Gasteiger partial charge in [-0.1, -0.05) is 17.5 Å². The number of rotatable bonds is 4. The predicted molar refractivity (Wildman–Crippen MR) is 68.5 cm³/mol. The van der Waals surface area contributed by atoms with Gasteiger partial charge in [-0.2, -0.15) is 0 Å². The molecule has 0 fully saturated rings. The van der Waals surface area contributed by atoms with E-state index in [9.17, 15) is 14.0 Å². The summed E-state index contributed by atoms with van der Waals surface area (Å²) in [4.78, 5) is 23.2. The van der Waals surface area contributed by atoms with Crippen molar-refractivity contribution in [3.05, 3.63) is 29.0 Å². The highest BCUT2D eigenvalue weighted by atomic mass is 35.5. The fraction of sp³-hybridized carbons (Fsp3) is 0.167. The quantitative estimate of drug-likeness (QED) is 0.831.